The fourth-order valence-electron chi connectivity index (χ4n) is 3.33. The molecule has 2 fully saturated rings. The number of carbonyl (C=O) groups is 2. The quantitative estimate of drug-likeness (QED) is 0.878. The number of urea groups is 1. The summed E-state index contributed by atoms with van der Waals surface area (Å²) in [4.78, 5) is 25.7. The van der Waals surface area contributed by atoms with Gasteiger partial charge in [0, 0.05) is 31.7 Å². The minimum absolute atomic E-state index is 0.0351. The average Bonchev–Trinajstić information content (AvgIpc) is 3.14. The zero-order valence-corrected chi connectivity index (χ0v) is 12.8. The molecule has 5 heteroatoms. The lowest BCUT2D eigenvalue weighted by atomic mass is 10.0. The van der Waals surface area contributed by atoms with Crippen LogP contribution in [0, 0.1) is 5.92 Å². The Bertz CT molecular complexity index is 553. The topological polar surface area (TPSA) is 61.4 Å². The molecule has 0 bridgehead atoms. The maximum absolute atomic E-state index is 12.2. The van der Waals surface area contributed by atoms with Crippen molar-refractivity contribution in [1.29, 1.82) is 0 Å². The number of carbonyl (C=O) groups excluding carboxylic acids is 2. The second-order valence-electron chi connectivity index (χ2n) is 6.21. The van der Waals surface area contributed by atoms with Crippen molar-refractivity contribution in [3.63, 3.8) is 0 Å². The number of amides is 3. The molecule has 1 saturated carbocycles. The fourth-order valence-corrected chi connectivity index (χ4v) is 3.33. The largest absolute Gasteiger partial charge is 0.336 e. The number of anilines is 1. The van der Waals surface area contributed by atoms with Crippen LogP contribution in [0.1, 0.15) is 37.7 Å². The fraction of sp³-hybridized carbons (Fsp3) is 0.529. The summed E-state index contributed by atoms with van der Waals surface area (Å²) in [5, 5.41) is 5.83. The Morgan fingerprint density at radius 1 is 1.27 bits per heavy atom. The van der Waals surface area contributed by atoms with Gasteiger partial charge in [-0.25, -0.2) is 4.79 Å². The van der Waals surface area contributed by atoms with Crippen molar-refractivity contribution in [1.82, 2.24) is 10.2 Å². The van der Waals surface area contributed by atoms with Crippen molar-refractivity contribution in [2.75, 3.05) is 18.4 Å². The molecular weight excluding hydrogens is 278 g/mol. The van der Waals surface area contributed by atoms with E-state index in [1.54, 1.807) is 4.90 Å². The summed E-state index contributed by atoms with van der Waals surface area (Å²) in [7, 11) is 0. The molecule has 1 heterocycles. The highest BCUT2D eigenvalue weighted by molar-refractivity contribution is 5.91. The lowest BCUT2D eigenvalue weighted by molar-refractivity contribution is -0.117. The van der Waals surface area contributed by atoms with Gasteiger partial charge in [-0.2, -0.15) is 0 Å². The van der Waals surface area contributed by atoms with Crippen LogP contribution < -0.4 is 10.6 Å². The summed E-state index contributed by atoms with van der Waals surface area (Å²) < 4.78 is 0. The van der Waals surface area contributed by atoms with Gasteiger partial charge in [0.2, 0.25) is 5.91 Å². The molecule has 1 aromatic rings. The Morgan fingerprint density at radius 3 is 2.77 bits per heavy atom. The lowest BCUT2D eigenvalue weighted by Gasteiger charge is -2.18. The first-order valence-corrected chi connectivity index (χ1v) is 8.13. The first-order chi connectivity index (χ1) is 10.7. The smallest absolute Gasteiger partial charge is 0.317 e. The van der Waals surface area contributed by atoms with Crippen LogP contribution in [0.25, 0.3) is 0 Å². The van der Waals surface area contributed by atoms with E-state index in [9.17, 15) is 9.59 Å². The molecule has 3 amide bonds. The molecule has 0 spiro atoms. The van der Waals surface area contributed by atoms with E-state index in [0.29, 0.717) is 32.0 Å². The predicted octanol–water partition coefficient (Wildman–Crippen LogP) is 2.73. The van der Waals surface area contributed by atoms with Crippen molar-refractivity contribution in [2.24, 2.45) is 5.92 Å². The van der Waals surface area contributed by atoms with Crippen molar-refractivity contribution >= 4 is 17.6 Å². The molecule has 3 rings (SSSR count). The molecule has 0 aromatic heterocycles. The average molecular weight is 301 g/mol. The van der Waals surface area contributed by atoms with Crippen LogP contribution in [0.5, 0.6) is 0 Å². The standard InChI is InChI=1S/C17H23N3O2/c21-16(11-13-5-1-2-6-13)19-15-8-4-3-7-14(15)12-20-10-9-18-17(20)22/h3-4,7-8,13H,1-2,5-6,9-12H2,(H,18,22)(H,19,21). The molecule has 2 N–H and O–H groups in total. The molecule has 1 aromatic carbocycles. The molecular formula is C17H23N3O2. The minimum Gasteiger partial charge on any atom is -0.336 e. The Morgan fingerprint density at radius 2 is 2.05 bits per heavy atom. The van der Waals surface area contributed by atoms with Gasteiger partial charge in [0.15, 0.2) is 0 Å². The van der Waals surface area contributed by atoms with Crippen LogP contribution in [0.3, 0.4) is 0 Å². The zero-order chi connectivity index (χ0) is 15.4. The monoisotopic (exact) mass is 301 g/mol. The number of nitrogens with zero attached hydrogens (tertiary/aromatic N) is 1. The summed E-state index contributed by atoms with van der Waals surface area (Å²) >= 11 is 0. The second kappa shape index (κ2) is 6.81. The van der Waals surface area contributed by atoms with Crippen LogP contribution in [0.15, 0.2) is 24.3 Å². The minimum atomic E-state index is -0.0351. The van der Waals surface area contributed by atoms with Gasteiger partial charge < -0.3 is 15.5 Å². The molecule has 2 aliphatic rings. The highest BCUT2D eigenvalue weighted by atomic mass is 16.2. The van der Waals surface area contributed by atoms with Crippen LogP contribution in [0.2, 0.25) is 0 Å². The molecule has 0 radical (unpaired) electrons. The van der Waals surface area contributed by atoms with Gasteiger partial charge in [0.25, 0.3) is 0 Å². The second-order valence-corrected chi connectivity index (χ2v) is 6.21. The van der Waals surface area contributed by atoms with E-state index in [-0.39, 0.29) is 11.9 Å². The van der Waals surface area contributed by atoms with Crippen LogP contribution >= 0.6 is 0 Å². The van der Waals surface area contributed by atoms with E-state index >= 15 is 0 Å². The maximum atomic E-state index is 12.2. The number of para-hydroxylation sites is 1. The van der Waals surface area contributed by atoms with Crippen LogP contribution in [-0.4, -0.2) is 29.9 Å². The van der Waals surface area contributed by atoms with Gasteiger partial charge in [-0.05, 0) is 30.4 Å². The molecule has 0 unspecified atom stereocenters. The van der Waals surface area contributed by atoms with E-state index in [2.05, 4.69) is 10.6 Å². The Labute approximate surface area is 131 Å². The first-order valence-electron chi connectivity index (χ1n) is 8.13. The zero-order valence-electron chi connectivity index (χ0n) is 12.8. The third kappa shape index (κ3) is 3.59. The van der Waals surface area contributed by atoms with E-state index in [0.717, 1.165) is 11.3 Å². The van der Waals surface area contributed by atoms with E-state index in [1.807, 2.05) is 24.3 Å². The Balaban J connectivity index is 1.62. The number of hydrogen-bond donors (Lipinski definition) is 2. The lowest BCUT2D eigenvalue weighted by Crippen LogP contribution is -2.28. The maximum Gasteiger partial charge on any atom is 0.317 e. The third-order valence-electron chi connectivity index (χ3n) is 4.55. The Hall–Kier alpha value is -2.04. The van der Waals surface area contributed by atoms with Gasteiger partial charge in [-0.15, -0.1) is 0 Å². The molecule has 1 aliphatic carbocycles. The summed E-state index contributed by atoms with van der Waals surface area (Å²) in [6.45, 7) is 1.93. The van der Waals surface area contributed by atoms with Gasteiger partial charge in [-0.3, -0.25) is 4.79 Å². The predicted molar refractivity (Wildman–Crippen MR) is 85.5 cm³/mol. The summed E-state index contributed by atoms with van der Waals surface area (Å²) in [5.74, 6) is 0.627. The molecule has 22 heavy (non-hydrogen) atoms. The summed E-state index contributed by atoms with van der Waals surface area (Å²) in [6, 6.07) is 7.70. The number of benzene rings is 1. The van der Waals surface area contributed by atoms with E-state index in [1.165, 1.54) is 25.7 Å². The van der Waals surface area contributed by atoms with Gasteiger partial charge in [-0.1, -0.05) is 31.0 Å². The van der Waals surface area contributed by atoms with Crippen molar-refractivity contribution < 1.29 is 9.59 Å². The van der Waals surface area contributed by atoms with Gasteiger partial charge in [0.05, 0.1) is 0 Å². The van der Waals surface area contributed by atoms with Gasteiger partial charge >= 0.3 is 6.03 Å². The SMILES string of the molecule is O=C(CC1CCCC1)Nc1ccccc1CN1CCNC1=O. The molecule has 1 aliphatic heterocycles. The normalized spacial score (nSPS) is 18.5. The third-order valence-corrected chi connectivity index (χ3v) is 4.55. The van der Waals surface area contributed by atoms with Crippen LogP contribution in [-0.2, 0) is 11.3 Å². The number of rotatable bonds is 5. The van der Waals surface area contributed by atoms with Crippen LogP contribution in [0.4, 0.5) is 10.5 Å². The molecule has 0 atom stereocenters. The number of hydrogen-bond acceptors (Lipinski definition) is 2. The van der Waals surface area contributed by atoms with Crippen molar-refractivity contribution in [3.05, 3.63) is 29.8 Å². The van der Waals surface area contributed by atoms with Gasteiger partial charge in [0.1, 0.15) is 0 Å². The van der Waals surface area contributed by atoms with E-state index < -0.39 is 0 Å². The Kier molecular flexibility index (Phi) is 4.61. The highest BCUT2D eigenvalue weighted by Crippen LogP contribution is 2.28. The molecule has 118 valence electrons. The molecule has 5 nitrogen and oxygen atoms in total. The van der Waals surface area contributed by atoms with Crippen molar-refractivity contribution in [2.45, 2.75) is 38.6 Å². The molecule has 1 saturated heterocycles. The first kappa shape index (κ1) is 14.9. The van der Waals surface area contributed by atoms with Crippen molar-refractivity contribution in [3.8, 4) is 0 Å². The highest BCUT2D eigenvalue weighted by Gasteiger charge is 2.22. The summed E-state index contributed by atoms with van der Waals surface area (Å²) in [6.07, 6.45) is 5.45. The summed E-state index contributed by atoms with van der Waals surface area (Å²) in [5.41, 5.74) is 1.81. The number of nitrogens with one attached hydrogen (secondary N) is 2. The van der Waals surface area contributed by atoms with E-state index in [4.69, 9.17) is 0 Å².